The molecular formula is C18H17FN4OS2. The van der Waals surface area contributed by atoms with Crippen LogP contribution in [0.25, 0.3) is 12.2 Å². The maximum Gasteiger partial charge on any atom is 0.230 e. The molecule has 8 heteroatoms. The number of H-pyrrole nitrogens is 1. The molecular weight excluding hydrogens is 371 g/mol. The molecule has 0 atom stereocenters. The van der Waals surface area contributed by atoms with Gasteiger partial charge in [0, 0.05) is 11.4 Å². The molecule has 0 aliphatic carbocycles. The van der Waals surface area contributed by atoms with Crippen LogP contribution in [0.2, 0.25) is 0 Å². The third kappa shape index (κ3) is 5.82. The van der Waals surface area contributed by atoms with Gasteiger partial charge in [-0.25, -0.2) is 9.37 Å². The second-order valence-electron chi connectivity index (χ2n) is 5.37. The molecule has 0 saturated heterocycles. The van der Waals surface area contributed by atoms with Crippen molar-refractivity contribution in [1.29, 1.82) is 0 Å². The zero-order chi connectivity index (χ0) is 18.2. The lowest BCUT2D eigenvalue weighted by Gasteiger charge is -2.04. The first-order chi connectivity index (χ1) is 12.7. The third-order valence-corrected chi connectivity index (χ3v) is 5.10. The lowest BCUT2D eigenvalue weighted by molar-refractivity contribution is -0.118. The van der Waals surface area contributed by atoms with Crippen LogP contribution in [-0.4, -0.2) is 33.4 Å². The number of carbonyl (C=O) groups excluding carboxylic acids is 1. The molecule has 134 valence electrons. The highest BCUT2D eigenvalue weighted by Crippen LogP contribution is 2.15. The molecule has 0 bridgehead atoms. The van der Waals surface area contributed by atoms with E-state index in [0.29, 0.717) is 23.9 Å². The molecule has 0 unspecified atom stereocenters. The van der Waals surface area contributed by atoms with E-state index in [1.807, 2.05) is 29.7 Å². The zero-order valence-corrected chi connectivity index (χ0v) is 15.4. The number of carbonyl (C=O) groups is 1. The zero-order valence-electron chi connectivity index (χ0n) is 13.8. The van der Waals surface area contributed by atoms with Crippen LogP contribution in [0.15, 0.2) is 46.9 Å². The fourth-order valence-electron chi connectivity index (χ4n) is 2.12. The molecule has 2 aromatic heterocycles. The minimum Gasteiger partial charge on any atom is -0.355 e. The largest absolute Gasteiger partial charge is 0.355 e. The van der Waals surface area contributed by atoms with Crippen LogP contribution >= 0.6 is 23.1 Å². The van der Waals surface area contributed by atoms with E-state index in [1.54, 1.807) is 23.5 Å². The van der Waals surface area contributed by atoms with Gasteiger partial charge >= 0.3 is 0 Å². The smallest absolute Gasteiger partial charge is 0.230 e. The standard InChI is InChI=1S/C18H17FN4OS2/c19-14-5-3-13(4-6-14)9-10-20-17(24)12-26-18-21-16(22-23-18)8-7-15-2-1-11-25-15/h1-8,11H,9-10,12H2,(H,20,24)(H,21,22,23)/b8-7-. The number of thioether (sulfide) groups is 1. The Hall–Kier alpha value is -2.45. The highest BCUT2D eigenvalue weighted by atomic mass is 32.2. The van der Waals surface area contributed by atoms with Crippen molar-refractivity contribution in [3.05, 3.63) is 63.9 Å². The average Bonchev–Trinajstić information content (AvgIpc) is 3.31. The number of thiophene rings is 1. The number of halogens is 1. The van der Waals surface area contributed by atoms with Crippen molar-refractivity contribution in [2.24, 2.45) is 0 Å². The Kier molecular flexibility index (Phi) is 6.56. The van der Waals surface area contributed by atoms with Crippen molar-refractivity contribution < 1.29 is 9.18 Å². The molecule has 2 N–H and O–H groups in total. The Morgan fingerprint density at radius 3 is 2.88 bits per heavy atom. The molecule has 5 nitrogen and oxygen atoms in total. The molecule has 1 aromatic carbocycles. The number of hydrogen-bond acceptors (Lipinski definition) is 5. The third-order valence-electron chi connectivity index (χ3n) is 3.41. The van der Waals surface area contributed by atoms with Gasteiger partial charge in [-0.3, -0.25) is 9.89 Å². The molecule has 0 radical (unpaired) electrons. The number of aromatic amines is 1. The van der Waals surface area contributed by atoms with Gasteiger partial charge in [-0.2, -0.15) is 0 Å². The second kappa shape index (κ2) is 9.30. The Morgan fingerprint density at radius 1 is 1.27 bits per heavy atom. The Bertz CT molecular complexity index is 860. The van der Waals surface area contributed by atoms with Gasteiger partial charge in [0.15, 0.2) is 0 Å². The van der Waals surface area contributed by atoms with Crippen molar-refractivity contribution >= 4 is 41.2 Å². The number of hydrogen-bond donors (Lipinski definition) is 2. The summed E-state index contributed by atoms with van der Waals surface area (Å²) in [5.41, 5.74) is 0.982. The summed E-state index contributed by atoms with van der Waals surface area (Å²) in [5, 5.41) is 12.3. The molecule has 3 rings (SSSR count). The normalized spacial score (nSPS) is 11.1. The Morgan fingerprint density at radius 2 is 2.12 bits per heavy atom. The van der Waals surface area contributed by atoms with Crippen LogP contribution in [0.4, 0.5) is 4.39 Å². The number of rotatable bonds is 8. The fraction of sp³-hybridized carbons (Fsp3) is 0.167. The van der Waals surface area contributed by atoms with Crippen molar-refractivity contribution in [3.8, 4) is 0 Å². The maximum atomic E-state index is 12.8. The molecule has 3 aromatic rings. The fourth-order valence-corrected chi connectivity index (χ4v) is 3.38. The number of benzene rings is 1. The van der Waals surface area contributed by atoms with Crippen molar-refractivity contribution in [3.63, 3.8) is 0 Å². The van der Waals surface area contributed by atoms with E-state index in [2.05, 4.69) is 20.5 Å². The van der Waals surface area contributed by atoms with Crippen LogP contribution in [0.3, 0.4) is 0 Å². The minimum atomic E-state index is -0.259. The topological polar surface area (TPSA) is 70.7 Å². The first-order valence-electron chi connectivity index (χ1n) is 7.97. The van der Waals surface area contributed by atoms with E-state index >= 15 is 0 Å². The molecule has 0 saturated carbocycles. The SMILES string of the molecule is O=C(CSc1n[nH]c(/C=C\c2cccs2)n1)NCCc1ccc(F)cc1. The summed E-state index contributed by atoms with van der Waals surface area (Å²) in [6, 6.07) is 10.3. The summed E-state index contributed by atoms with van der Waals surface area (Å²) < 4.78 is 12.8. The van der Waals surface area contributed by atoms with Crippen LogP contribution in [0.5, 0.6) is 0 Å². The molecule has 0 aliphatic rings. The summed E-state index contributed by atoms with van der Waals surface area (Å²) in [5.74, 6) is 0.551. The Balaban J connectivity index is 1.38. The minimum absolute atomic E-state index is 0.0856. The highest BCUT2D eigenvalue weighted by Gasteiger charge is 2.06. The van der Waals surface area contributed by atoms with E-state index in [-0.39, 0.29) is 17.5 Å². The average molecular weight is 388 g/mol. The summed E-state index contributed by atoms with van der Waals surface area (Å²) in [4.78, 5) is 17.3. The first kappa shape index (κ1) is 18.3. The number of amides is 1. The van der Waals surface area contributed by atoms with Gasteiger partial charge in [-0.1, -0.05) is 30.0 Å². The lowest BCUT2D eigenvalue weighted by atomic mass is 10.1. The van der Waals surface area contributed by atoms with Crippen molar-refractivity contribution in [1.82, 2.24) is 20.5 Å². The van der Waals surface area contributed by atoms with E-state index in [4.69, 9.17) is 0 Å². The van der Waals surface area contributed by atoms with Gasteiger partial charge in [-0.05, 0) is 47.7 Å². The molecule has 0 fully saturated rings. The lowest BCUT2D eigenvalue weighted by Crippen LogP contribution is -2.27. The summed E-state index contributed by atoms with van der Waals surface area (Å²) in [6.45, 7) is 0.508. The van der Waals surface area contributed by atoms with Gasteiger partial charge in [0.1, 0.15) is 11.6 Å². The van der Waals surface area contributed by atoms with E-state index in [9.17, 15) is 9.18 Å². The van der Waals surface area contributed by atoms with Gasteiger partial charge in [0.2, 0.25) is 11.1 Å². The molecule has 26 heavy (non-hydrogen) atoms. The van der Waals surface area contributed by atoms with Gasteiger partial charge in [-0.15, -0.1) is 16.4 Å². The van der Waals surface area contributed by atoms with Crippen molar-refractivity contribution in [2.75, 3.05) is 12.3 Å². The van der Waals surface area contributed by atoms with Gasteiger partial charge < -0.3 is 5.32 Å². The molecule has 0 aliphatic heterocycles. The predicted octanol–water partition coefficient (Wildman–Crippen LogP) is 3.63. The molecule has 1 amide bonds. The van der Waals surface area contributed by atoms with Crippen LogP contribution in [0.1, 0.15) is 16.3 Å². The first-order valence-corrected chi connectivity index (χ1v) is 9.83. The second-order valence-corrected chi connectivity index (χ2v) is 7.29. The summed E-state index contributed by atoms with van der Waals surface area (Å²) in [6.07, 6.45) is 4.47. The maximum absolute atomic E-state index is 12.8. The molecule has 0 spiro atoms. The van der Waals surface area contributed by atoms with Gasteiger partial charge in [0.25, 0.3) is 0 Å². The number of nitrogens with one attached hydrogen (secondary N) is 2. The Labute approximate surface area is 158 Å². The quantitative estimate of drug-likeness (QED) is 0.578. The van der Waals surface area contributed by atoms with E-state index in [0.717, 1.165) is 10.4 Å². The number of nitrogens with zero attached hydrogens (tertiary/aromatic N) is 2. The van der Waals surface area contributed by atoms with Gasteiger partial charge in [0.05, 0.1) is 5.75 Å². The monoisotopic (exact) mass is 388 g/mol. The number of aromatic nitrogens is 3. The van der Waals surface area contributed by atoms with Crippen LogP contribution in [-0.2, 0) is 11.2 Å². The highest BCUT2D eigenvalue weighted by molar-refractivity contribution is 7.99. The van der Waals surface area contributed by atoms with Crippen LogP contribution in [0, 0.1) is 5.82 Å². The predicted molar refractivity (Wildman–Crippen MR) is 103 cm³/mol. The van der Waals surface area contributed by atoms with E-state index < -0.39 is 0 Å². The van der Waals surface area contributed by atoms with Crippen LogP contribution < -0.4 is 5.32 Å². The summed E-state index contributed by atoms with van der Waals surface area (Å²) >= 11 is 2.92. The summed E-state index contributed by atoms with van der Waals surface area (Å²) in [7, 11) is 0. The van der Waals surface area contributed by atoms with E-state index in [1.165, 1.54) is 23.9 Å². The van der Waals surface area contributed by atoms with Crippen molar-refractivity contribution in [2.45, 2.75) is 11.6 Å². The molecule has 2 heterocycles.